The van der Waals surface area contributed by atoms with Crippen LogP contribution in [-0.4, -0.2) is 34.5 Å². The number of aromatic nitrogens is 2. The summed E-state index contributed by atoms with van der Waals surface area (Å²) in [5.41, 5.74) is 2.07. The Labute approximate surface area is 156 Å². The van der Waals surface area contributed by atoms with E-state index in [1.807, 2.05) is 30.3 Å². The van der Waals surface area contributed by atoms with Crippen LogP contribution in [0.4, 0.5) is 5.69 Å². The smallest absolute Gasteiger partial charge is 0.258 e. The van der Waals surface area contributed by atoms with Gasteiger partial charge in [-0.3, -0.25) is 10.1 Å². The number of benzene rings is 2. The highest BCUT2D eigenvalue weighted by Gasteiger charge is 2.20. The second kappa shape index (κ2) is 7.68. The van der Waals surface area contributed by atoms with Gasteiger partial charge in [0.1, 0.15) is 0 Å². The molecule has 0 atom stereocenters. The van der Waals surface area contributed by atoms with E-state index in [1.54, 1.807) is 17.1 Å². The standard InChI is InChI=1S/C18H18N4O4S/c1-20(12-16-11-19-21(13-16)17-5-3-2-4-6-17)27(25,26)14-15-7-9-18(10-8-15)22(23)24/h2-11,13H,12,14H2,1H3. The van der Waals surface area contributed by atoms with E-state index < -0.39 is 14.9 Å². The number of para-hydroxylation sites is 1. The lowest BCUT2D eigenvalue weighted by Gasteiger charge is -2.16. The summed E-state index contributed by atoms with van der Waals surface area (Å²) in [4.78, 5) is 10.2. The minimum atomic E-state index is -3.57. The topological polar surface area (TPSA) is 98.3 Å². The summed E-state index contributed by atoms with van der Waals surface area (Å²) in [6.45, 7) is 0.183. The number of non-ortho nitro benzene ring substituents is 1. The summed E-state index contributed by atoms with van der Waals surface area (Å²) in [5, 5.41) is 14.9. The lowest BCUT2D eigenvalue weighted by molar-refractivity contribution is -0.384. The quantitative estimate of drug-likeness (QED) is 0.459. The first-order chi connectivity index (χ1) is 12.8. The van der Waals surface area contributed by atoms with Gasteiger partial charge in [0.15, 0.2) is 0 Å². The van der Waals surface area contributed by atoms with Gasteiger partial charge in [-0.15, -0.1) is 0 Å². The third-order valence-corrected chi connectivity index (χ3v) is 5.81. The first-order valence-electron chi connectivity index (χ1n) is 8.11. The predicted molar refractivity (Wildman–Crippen MR) is 101 cm³/mol. The number of nitrogens with zero attached hydrogens (tertiary/aromatic N) is 4. The average Bonchev–Trinajstić information content (AvgIpc) is 3.11. The van der Waals surface area contributed by atoms with Gasteiger partial charge in [-0.05, 0) is 17.7 Å². The molecule has 8 nitrogen and oxygen atoms in total. The van der Waals surface area contributed by atoms with E-state index >= 15 is 0 Å². The Kier molecular flexibility index (Phi) is 5.33. The maximum atomic E-state index is 12.6. The molecule has 0 unspecified atom stereocenters. The molecule has 0 saturated heterocycles. The van der Waals surface area contributed by atoms with Gasteiger partial charge >= 0.3 is 0 Å². The molecule has 0 bridgehead atoms. The molecule has 0 amide bonds. The van der Waals surface area contributed by atoms with Crippen molar-refractivity contribution in [2.75, 3.05) is 7.05 Å². The molecule has 0 spiro atoms. The van der Waals surface area contributed by atoms with Gasteiger partial charge in [-0.25, -0.2) is 17.4 Å². The first-order valence-corrected chi connectivity index (χ1v) is 9.72. The van der Waals surface area contributed by atoms with Crippen LogP contribution in [0.25, 0.3) is 5.69 Å². The minimum Gasteiger partial charge on any atom is -0.258 e. The van der Waals surface area contributed by atoms with E-state index in [9.17, 15) is 18.5 Å². The molecule has 0 aliphatic rings. The molecule has 0 radical (unpaired) electrons. The maximum absolute atomic E-state index is 12.6. The molecule has 0 saturated carbocycles. The van der Waals surface area contributed by atoms with Crippen LogP contribution in [0.2, 0.25) is 0 Å². The number of rotatable bonds is 7. The fraction of sp³-hybridized carbons (Fsp3) is 0.167. The molecule has 0 fully saturated rings. The largest absolute Gasteiger partial charge is 0.269 e. The molecular formula is C18H18N4O4S. The van der Waals surface area contributed by atoms with Crippen molar-refractivity contribution in [2.24, 2.45) is 0 Å². The normalized spacial score (nSPS) is 11.6. The molecule has 3 aromatic rings. The van der Waals surface area contributed by atoms with Crippen molar-refractivity contribution in [3.8, 4) is 5.69 Å². The lowest BCUT2D eigenvalue weighted by atomic mass is 10.2. The van der Waals surface area contributed by atoms with E-state index in [4.69, 9.17) is 0 Å². The van der Waals surface area contributed by atoms with Gasteiger partial charge in [0.25, 0.3) is 5.69 Å². The van der Waals surface area contributed by atoms with Gasteiger partial charge in [0, 0.05) is 37.5 Å². The monoisotopic (exact) mass is 386 g/mol. The summed E-state index contributed by atoms with van der Waals surface area (Å²) < 4.78 is 28.1. The molecule has 1 aromatic heterocycles. The minimum absolute atomic E-state index is 0.0715. The van der Waals surface area contributed by atoms with Gasteiger partial charge in [0.2, 0.25) is 10.0 Å². The Morgan fingerprint density at radius 1 is 1.07 bits per heavy atom. The lowest BCUT2D eigenvalue weighted by Crippen LogP contribution is -2.27. The summed E-state index contributed by atoms with van der Waals surface area (Å²) in [6, 6.07) is 15.0. The number of sulfonamides is 1. The zero-order valence-electron chi connectivity index (χ0n) is 14.6. The fourth-order valence-corrected chi connectivity index (χ4v) is 3.73. The van der Waals surface area contributed by atoms with Crippen LogP contribution in [0.1, 0.15) is 11.1 Å². The Bertz CT molecular complexity index is 1030. The Morgan fingerprint density at radius 2 is 1.74 bits per heavy atom. The zero-order chi connectivity index (χ0) is 19.4. The molecule has 140 valence electrons. The Balaban J connectivity index is 1.68. The molecule has 0 aliphatic carbocycles. The van der Waals surface area contributed by atoms with Crippen molar-refractivity contribution in [1.29, 1.82) is 0 Å². The van der Waals surface area contributed by atoms with E-state index in [2.05, 4.69) is 5.10 Å². The van der Waals surface area contributed by atoms with Gasteiger partial charge in [-0.2, -0.15) is 5.10 Å². The summed E-state index contributed by atoms with van der Waals surface area (Å²) in [5.74, 6) is -0.228. The highest BCUT2D eigenvalue weighted by atomic mass is 32.2. The van der Waals surface area contributed by atoms with E-state index in [1.165, 1.54) is 35.6 Å². The van der Waals surface area contributed by atoms with Crippen LogP contribution in [0.5, 0.6) is 0 Å². The Morgan fingerprint density at radius 3 is 2.37 bits per heavy atom. The van der Waals surface area contributed by atoms with E-state index in [0.717, 1.165) is 11.3 Å². The second-order valence-corrected chi connectivity index (χ2v) is 8.14. The average molecular weight is 386 g/mol. The van der Waals surface area contributed by atoms with Crippen molar-refractivity contribution in [3.05, 3.63) is 88.2 Å². The van der Waals surface area contributed by atoms with Crippen LogP contribution in [-0.2, 0) is 22.3 Å². The highest BCUT2D eigenvalue weighted by Crippen LogP contribution is 2.17. The molecule has 2 aromatic carbocycles. The summed E-state index contributed by atoms with van der Waals surface area (Å²) >= 11 is 0. The molecular weight excluding hydrogens is 368 g/mol. The van der Waals surface area contributed by atoms with Crippen LogP contribution < -0.4 is 0 Å². The van der Waals surface area contributed by atoms with Crippen LogP contribution in [0, 0.1) is 10.1 Å². The first kappa shape index (κ1) is 18.7. The summed E-state index contributed by atoms with van der Waals surface area (Å²) in [7, 11) is -2.07. The number of hydrogen-bond donors (Lipinski definition) is 0. The maximum Gasteiger partial charge on any atom is 0.269 e. The van der Waals surface area contributed by atoms with Crippen LogP contribution in [0.3, 0.4) is 0 Å². The Hall–Kier alpha value is -3.04. The van der Waals surface area contributed by atoms with Crippen molar-refractivity contribution < 1.29 is 13.3 Å². The van der Waals surface area contributed by atoms with Crippen LogP contribution >= 0.6 is 0 Å². The molecule has 9 heteroatoms. The molecule has 27 heavy (non-hydrogen) atoms. The third-order valence-electron chi connectivity index (χ3n) is 4.03. The van der Waals surface area contributed by atoms with Gasteiger partial charge in [-0.1, -0.05) is 30.3 Å². The van der Waals surface area contributed by atoms with E-state index in [-0.39, 0.29) is 18.0 Å². The molecule has 1 heterocycles. The van der Waals surface area contributed by atoms with Gasteiger partial charge in [0.05, 0.1) is 22.6 Å². The van der Waals surface area contributed by atoms with Crippen molar-refractivity contribution in [3.63, 3.8) is 0 Å². The number of hydrogen-bond acceptors (Lipinski definition) is 5. The highest BCUT2D eigenvalue weighted by molar-refractivity contribution is 7.88. The van der Waals surface area contributed by atoms with Crippen LogP contribution in [0.15, 0.2) is 67.0 Å². The van der Waals surface area contributed by atoms with Gasteiger partial charge < -0.3 is 0 Å². The number of nitro benzene ring substituents is 1. The molecule has 0 aliphatic heterocycles. The summed E-state index contributed by atoms with van der Waals surface area (Å²) in [6.07, 6.45) is 3.41. The molecule has 3 rings (SSSR count). The second-order valence-electron chi connectivity index (χ2n) is 6.06. The van der Waals surface area contributed by atoms with Crippen molar-refractivity contribution in [2.45, 2.75) is 12.3 Å². The van der Waals surface area contributed by atoms with Crippen molar-refractivity contribution >= 4 is 15.7 Å². The number of nitro groups is 1. The zero-order valence-corrected chi connectivity index (χ0v) is 15.4. The van der Waals surface area contributed by atoms with E-state index in [0.29, 0.717) is 5.56 Å². The van der Waals surface area contributed by atoms with Crippen molar-refractivity contribution in [1.82, 2.24) is 14.1 Å². The third kappa shape index (κ3) is 4.57. The predicted octanol–water partition coefficient (Wildman–Crippen LogP) is 2.74. The SMILES string of the molecule is CN(Cc1cnn(-c2ccccc2)c1)S(=O)(=O)Cc1ccc([N+](=O)[O-])cc1. The fourth-order valence-electron chi connectivity index (χ4n) is 2.55. The molecule has 0 N–H and O–H groups in total.